The van der Waals surface area contributed by atoms with Crippen LogP contribution in [0.5, 0.6) is 0 Å². The minimum Gasteiger partial charge on any atom is -0.377 e. The normalized spacial score (nSPS) is 16.8. The fraction of sp³-hybridized carbons (Fsp3) is 0.444. The zero-order chi connectivity index (χ0) is 9.26. The number of ether oxygens (including phenoxy) is 1. The Hall–Kier alpha value is -0.610. The van der Waals surface area contributed by atoms with Gasteiger partial charge in [-0.25, -0.2) is 4.98 Å². The lowest BCUT2D eigenvalue weighted by atomic mass is 10.2. The number of pyridine rings is 1. The number of hydrogen-bond donors (Lipinski definition) is 0. The lowest BCUT2D eigenvalue weighted by Crippen LogP contribution is -2.47. The van der Waals surface area contributed by atoms with Crippen LogP contribution in [-0.2, 0) is 4.74 Å². The summed E-state index contributed by atoms with van der Waals surface area (Å²) in [6.45, 7) is 1.62. The summed E-state index contributed by atoms with van der Waals surface area (Å²) in [4.78, 5) is 6.43. The van der Waals surface area contributed by atoms with Crippen molar-refractivity contribution >= 4 is 21.7 Å². The molecule has 1 aliphatic heterocycles. The minimum atomic E-state index is 0.488. The molecule has 0 spiro atoms. The Balaban J connectivity index is 2.14. The van der Waals surface area contributed by atoms with Crippen LogP contribution in [0.4, 0.5) is 5.82 Å². The molecule has 4 heteroatoms. The van der Waals surface area contributed by atoms with E-state index < -0.39 is 0 Å². The number of rotatable bonds is 2. The van der Waals surface area contributed by atoms with E-state index in [0.717, 1.165) is 23.5 Å². The Bertz CT molecular complexity index is 301. The van der Waals surface area contributed by atoms with Gasteiger partial charge in [0.05, 0.1) is 19.3 Å². The highest BCUT2D eigenvalue weighted by Crippen LogP contribution is 2.20. The summed E-state index contributed by atoms with van der Waals surface area (Å²) in [6.07, 6.45) is 1.80. The molecule has 0 N–H and O–H groups in total. The van der Waals surface area contributed by atoms with Gasteiger partial charge < -0.3 is 9.64 Å². The second-order valence-electron chi connectivity index (χ2n) is 3.13. The third-order valence-electron chi connectivity index (χ3n) is 2.24. The van der Waals surface area contributed by atoms with E-state index in [-0.39, 0.29) is 0 Å². The van der Waals surface area contributed by atoms with E-state index in [9.17, 15) is 0 Å². The fourth-order valence-electron chi connectivity index (χ4n) is 1.22. The van der Waals surface area contributed by atoms with E-state index in [1.165, 1.54) is 0 Å². The van der Waals surface area contributed by atoms with Crippen molar-refractivity contribution in [2.45, 2.75) is 6.04 Å². The summed E-state index contributed by atoms with van der Waals surface area (Å²) in [6, 6.07) is 4.43. The molecule has 0 radical (unpaired) electrons. The average Bonchev–Trinajstić information content (AvgIpc) is 2.01. The third-order valence-corrected chi connectivity index (χ3v) is 2.73. The molecule has 0 aromatic carbocycles. The maximum absolute atomic E-state index is 5.13. The quantitative estimate of drug-likeness (QED) is 0.790. The van der Waals surface area contributed by atoms with Gasteiger partial charge >= 0.3 is 0 Å². The van der Waals surface area contributed by atoms with Gasteiger partial charge in [-0.2, -0.15) is 0 Å². The van der Waals surface area contributed by atoms with Gasteiger partial charge in [0.15, 0.2) is 0 Å². The highest BCUT2D eigenvalue weighted by Gasteiger charge is 2.23. The Morgan fingerprint density at radius 2 is 2.38 bits per heavy atom. The topological polar surface area (TPSA) is 25.4 Å². The number of hydrogen-bond acceptors (Lipinski definition) is 3. The predicted molar refractivity (Wildman–Crippen MR) is 54.9 cm³/mol. The molecule has 1 saturated heterocycles. The lowest BCUT2D eigenvalue weighted by Gasteiger charge is -2.35. The molecular formula is C9H11BrN2O. The maximum Gasteiger partial charge on any atom is 0.129 e. The second kappa shape index (κ2) is 3.64. The van der Waals surface area contributed by atoms with Crippen molar-refractivity contribution in [3.63, 3.8) is 0 Å². The molecule has 0 aliphatic carbocycles. The smallest absolute Gasteiger partial charge is 0.129 e. The van der Waals surface area contributed by atoms with Gasteiger partial charge in [0.25, 0.3) is 0 Å². The highest BCUT2D eigenvalue weighted by molar-refractivity contribution is 9.10. The van der Waals surface area contributed by atoms with E-state index in [4.69, 9.17) is 4.74 Å². The Labute approximate surface area is 85.8 Å². The van der Waals surface area contributed by atoms with Gasteiger partial charge in [-0.15, -0.1) is 0 Å². The monoisotopic (exact) mass is 242 g/mol. The van der Waals surface area contributed by atoms with E-state index in [2.05, 4.69) is 25.8 Å². The molecule has 0 atom stereocenters. The summed E-state index contributed by atoms with van der Waals surface area (Å²) in [5, 5.41) is 0. The van der Waals surface area contributed by atoms with Gasteiger partial charge in [-0.3, -0.25) is 0 Å². The summed E-state index contributed by atoms with van der Waals surface area (Å²) in [5.74, 6) is 0.989. The van der Waals surface area contributed by atoms with Gasteiger partial charge in [0.1, 0.15) is 5.82 Å². The summed E-state index contributed by atoms with van der Waals surface area (Å²) in [7, 11) is 2.04. The van der Waals surface area contributed by atoms with Crippen LogP contribution in [0.2, 0.25) is 0 Å². The van der Waals surface area contributed by atoms with Crippen molar-refractivity contribution in [1.29, 1.82) is 0 Å². The molecule has 1 aliphatic rings. The van der Waals surface area contributed by atoms with Gasteiger partial charge in [0.2, 0.25) is 0 Å². The molecule has 2 rings (SSSR count). The lowest BCUT2D eigenvalue weighted by molar-refractivity contribution is 0.00988. The molecule has 13 heavy (non-hydrogen) atoms. The molecule has 3 nitrogen and oxygen atoms in total. The second-order valence-corrected chi connectivity index (χ2v) is 4.05. The first-order valence-corrected chi connectivity index (χ1v) is 4.99. The molecule has 0 bridgehead atoms. The van der Waals surface area contributed by atoms with Crippen molar-refractivity contribution < 1.29 is 4.74 Å². The minimum absolute atomic E-state index is 0.488. The SMILES string of the molecule is CN(c1cc(Br)ccn1)C1COC1. The predicted octanol–water partition coefficient (Wildman–Crippen LogP) is 1.68. The van der Waals surface area contributed by atoms with Crippen LogP contribution in [-0.4, -0.2) is 31.3 Å². The number of nitrogens with zero attached hydrogens (tertiary/aromatic N) is 2. The first kappa shape index (κ1) is 8.97. The van der Waals surface area contributed by atoms with Crippen LogP contribution in [0.3, 0.4) is 0 Å². The largest absolute Gasteiger partial charge is 0.377 e. The van der Waals surface area contributed by atoms with Gasteiger partial charge in [-0.05, 0) is 12.1 Å². The van der Waals surface area contributed by atoms with Crippen LogP contribution in [0.1, 0.15) is 0 Å². The molecule has 0 unspecified atom stereocenters. The molecule has 0 amide bonds. The zero-order valence-corrected chi connectivity index (χ0v) is 8.99. The highest BCUT2D eigenvalue weighted by atomic mass is 79.9. The van der Waals surface area contributed by atoms with Crippen LogP contribution >= 0.6 is 15.9 Å². The zero-order valence-electron chi connectivity index (χ0n) is 7.40. The molecular weight excluding hydrogens is 232 g/mol. The van der Waals surface area contributed by atoms with Crippen molar-refractivity contribution in [3.8, 4) is 0 Å². The van der Waals surface area contributed by atoms with Crippen molar-refractivity contribution in [2.24, 2.45) is 0 Å². The van der Waals surface area contributed by atoms with Gasteiger partial charge in [-0.1, -0.05) is 15.9 Å². The summed E-state index contributed by atoms with van der Waals surface area (Å²) in [5.41, 5.74) is 0. The summed E-state index contributed by atoms with van der Waals surface area (Å²) >= 11 is 3.42. The van der Waals surface area contributed by atoms with Crippen LogP contribution in [0.15, 0.2) is 22.8 Å². The number of likely N-dealkylation sites (N-methyl/N-ethyl adjacent to an activating group) is 1. The average molecular weight is 243 g/mol. The standard InChI is InChI=1S/C9H11BrN2O/c1-12(8-5-13-6-8)9-4-7(10)2-3-11-9/h2-4,8H,5-6H2,1H3. The van der Waals surface area contributed by atoms with Crippen molar-refractivity contribution in [1.82, 2.24) is 4.98 Å². The molecule has 0 saturated carbocycles. The number of anilines is 1. The Morgan fingerprint density at radius 1 is 1.62 bits per heavy atom. The molecule has 2 heterocycles. The molecule has 1 aromatic heterocycles. The van der Waals surface area contributed by atoms with E-state index in [1.807, 2.05) is 19.2 Å². The first-order valence-electron chi connectivity index (χ1n) is 4.19. The first-order chi connectivity index (χ1) is 6.27. The molecule has 1 aromatic rings. The van der Waals surface area contributed by atoms with Gasteiger partial charge in [0, 0.05) is 17.7 Å². The van der Waals surface area contributed by atoms with Crippen LogP contribution in [0.25, 0.3) is 0 Å². The van der Waals surface area contributed by atoms with E-state index >= 15 is 0 Å². The van der Waals surface area contributed by atoms with Crippen LogP contribution in [0, 0.1) is 0 Å². The van der Waals surface area contributed by atoms with Crippen LogP contribution < -0.4 is 4.90 Å². The van der Waals surface area contributed by atoms with Crippen molar-refractivity contribution in [3.05, 3.63) is 22.8 Å². The fourth-order valence-corrected chi connectivity index (χ4v) is 1.54. The number of aromatic nitrogens is 1. The van der Waals surface area contributed by atoms with E-state index in [1.54, 1.807) is 6.20 Å². The Morgan fingerprint density at radius 3 is 2.92 bits per heavy atom. The van der Waals surface area contributed by atoms with E-state index in [0.29, 0.717) is 6.04 Å². The third kappa shape index (κ3) is 1.84. The molecule has 1 fully saturated rings. The molecule has 70 valence electrons. The van der Waals surface area contributed by atoms with Crippen molar-refractivity contribution in [2.75, 3.05) is 25.2 Å². The maximum atomic E-state index is 5.13. The Kier molecular flexibility index (Phi) is 2.51. The summed E-state index contributed by atoms with van der Waals surface area (Å²) < 4.78 is 6.19. The number of halogens is 1.